The third kappa shape index (κ3) is 5.55. The summed E-state index contributed by atoms with van der Waals surface area (Å²) in [7, 11) is -1.02. The van der Waals surface area contributed by atoms with Crippen molar-refractivity contribution in [1.29, 1.82) is 0 Å². The van der Waals surface area contributed by atoms with Gasteiger partial charge in [-0.05, 0) is 60.7 Å². The number of amides is 1. The van der Waals surface area contributed by atoms with Crippen molar-refractivity contribution in [3.05, 3.63) is 95.3 Å². The van der Waals surface area contributed by atoms with Gasteiger partial charge in [-0.15, -0.1) is 0 Å². The number of rotatable bonds is 8. The van der Waals surface area contributed by atoms with Gasteiger partial charge in [0.2, 0.25) is 10.0 Å². The van der Waals surface area contributed by atoms with Gasteiger partial charge in [0.05, 0.1) is 7.11 Å². The van der Waals surface area contributed by atoms with Gasteiger partial charge in [-0.1, -0.05) is 42.5 Å². The van der Waals surface area contributed by atoms with Crippen LogP contribution < -0.4 is 4.74 Å². The average Bonchev–Trinajstić information content (AvgIpc) is 3.31. The molecular weight excluding hydrogens is 467 g/mol. The van der Waals surface area contributed by atoms with Crippen LogP contribution in [0.25, 0.3) is 0 Å². The molecule has 0 radical (unpaired) electrons. The molecule has 4 rings (SSSR count). The first-order valence-corrected chi connectivity index (χ1v) is 13.0. The second kappa shape index (κ2) is 10.6. The largest absolute Gasteiger partial charge is 0.495 e. The van der Waals surface area contributed by atoms with Gasteiger partial charge < -0.3 is 9.64 Å². The number of methoxy groups -OCH3 is 1. The monoisotopic (exact) mass is 496 g/mol. The van der Waals surface area contributed by atoms with Crippen molar-refractivity contribution < 1.29 is 22.3 Å². The second-order valence-corrected chi connectivity index (χ2v) is 10.8. The molecule has 0 N–H and O–H groups in total. The van der Waals surface area contributed by atoms with E-state index in [1.807, 2.05) is 36.4 Å². The molecule has 1 heterocycles. The first-order chi connectivity index (χ1) is 16.8. The van der Waals surface area contributed by atoms with Gasteiger partial charge in [0, 0.05) is 31.7 Å². The first-order valence-electron chi connectivity index (χ1n) is 11.5. The van der Waals surface area contributed by atoms with Crippen LogP contribution >= 0.6 is 0 Å². The van der Waals surface area contributed by atoms with Crippen LogP contribution in [0.15, 0.2) is 77.7 Å². The standard InChI is InChI=1S/C27H29FN2O4S/c1-29(19-20-8-4-3-5-9-20)35(32,33)26-18-22(13-14-25(26)34-2)27(31)30-15-7-12-24(30)17-21-10-6-11-23(28)16-21/h3-6,8-11,13-14,16,18,24H,7,12,15,17,19H2,1-2H3. The van der Waals surface area contributed by atoms with Gasteiger partial charge in [-0.2, -0.15) is 4.31 Å². The van der Waals surface area contributed by atoms with Crippen molar-refractivity contribution >= 4 is 15.9 Å². The minimum atomic E-state index is -3.93. The molecule has 1 atom stereocenters. The smallest absolute Gasteiger partial charge is 0.254 e. The van der Waals surface area contributed by atoms with E-state index in [1.165, 1.54) is 42.7 Å². The number of likely N-dealkylation sites (tertiary alicyclic amines) is 1. The molecule has 6 nitrogen and oxygen atoms in total. The van der Waals surface area contributed by atoms with Gasteiger partial charge in [0.25, 0.3) is 5.91 Å². The summed E-state index contributed by atoms with van der Waals surface area (Å²) in [5.41, 5.74) is 1.96. The van der Waals surface area contributed by atoms with Crippen molar-refractivity contribution in [2.24, 2.45) is 0 Å². The predicted molar refractivity (Wildman–Crippen MR) is 132 cm³/mol. The van der Waals surface area contributed by atoms with Crippen molar-refractivity contribution in [3.63, 3.8) is 0 Å². The van der Waals surface area contributed by atoms with Crippen LogP contribution in [0.3, 0.4) is 0 Å². The highest BCUT2D eigenvalue weighted by molar-refractivity contribution is 7.89. The fourth-order valence-electron chi connectivity index (χ4n) is 4.52. The lowest BCUT2D eigenvalue weighted by atomic mass is 10.0. The zero-order valence-electron chi connectivity index (χ0n) is 19.9. The third-order valence-electron chi connectivity index (χ3n) is 6.35. The van der Waals surface area contributed by atoms with Crippen LogP contribution in [0, 0.1) is 5.82 Å². The van der Waals surface area contributed by atoms with Crippen LogP contribution in [0.2, 0.25) is 0 Å². The molecule has 35 heavy (non-hydrogen) atoms. The minimum absolute atomic E-state index is 0.0508. The predicted octanol–water partition coefficient (Wildman–Crippen LogP) is 4.50. The first kappa shape index (κ1) is 24.9. The molecule has 0 aromatic heterocycles. The summed E-state index contributed by atoms with van der Waals surface area (Å²) in [5.74, 6) is -0.365. The van der Waals surface area contributed by atoms with Crippen molar-refractivity contribution in [3.8, 4) is 5.75 Å². The number of carbonyl (C=O) groups is 1. The average molecular weight is 497 g/mol. The molecule has 3 aromatic carbocycles. The highest BCUT2D eigenvalue weighted by atomic mass is 32.2. The molecule has 1 aliphatic heterocycles. The number of carbonyl (C=O) groups excluding carboxylic acids is 1. The summed E-state index contributed by atoms with van der Waals surface area (Å²) >= 11 is 0. The van der Waals surface area contributed by atoms with E-state index in [0.29, 0.717) is 13.0 Å². The van der Waals surface area contributed by atoms with Crippen molar-refractivity contribution in [2.45, 2.75) is 36.7 Å². The Bertz CT molecular complexity index is 1300. The number of ether oxygens (including phenoxy) is 1. The third-order valence-corrected chi connectivity index (χ3v) is 8.17. The molecule has 1 fully saturated rings. The zero-order chi connectivity index (χ0) is 25.0. The maximum atomic E-state index is 13.6. The minimum Gasteiger partial charge on any atom is -0.495 e. The molecule has 0 spiro atoms. The van der Waals surface area contributed by atoms with E-state index in [1.54, 1.807) is 17.0 Å². The van der Waals surface area contributed by atoms with Gasteiger partial charge in [-0.3, -0.25) is 4.79 Å². The van der Waals surface area contributed by atoms with Crippen molar-refractivity contribution in [1.82, 2.24) is 9.21 Å². The topological polar surface area (TPSA) is 66.9 Å². The fourth-order valence-corrected chi connectivity index (χ4v) is 5.86. The number of halogens is 1. The van der Waals surface area contributed by atoms with Crippen LogP contribution in [0.1, 0.15) is 34.3 Å². The lowest BCUT2D eigenvalue weighted by Gasteiger charge is -2.26. The zero-order valence-corrected chi connectivity index (χ0v) is 20.7. The Morgan fingerprint density at radius 1 is 1.06 bits per heavy atom. The van der Waals surface area contributed by atoms with E-state index in [0.717, 1.165) is 24.0 Å². The summed E-state index contributed by atoms with van der Waals surface area (Å²) in [4.78, 5) is 15.2. The summed E-state index contributed by atoms with van der Waals surface area (Å²) in [6.07, 6.45) is 2.20. The molecule has 1 saturated heterocycles. The number of benzene rings is 3. The molecule has 1 amide bonds. The number of nitrogens with zero attached hydrogens (tertiary/aromatic N) is 2. The SMILES string of the molecule is COc1ccc(C(=O)N2CCCC2Cc2cccc(F)c2)cc1S(=O)(=O)N(C)Cc1ccccc1. The number of hydrogen-bond donors (Lipinski definition) is 0. The van der Waals surface area contributed by atoms with Gasteiger partial charge in [0.15, 0.2) is 0 Å². The molecule has 8 heteroatoms. The van der Waals surface area contributed by atoms with Gasteiger partial charge in [-0.25, -0.2) is 12.8 Å². The highest BCUT2D eigenvalue weighted by Gasteiger charge is 2.32. The number of sulfonamides is 1. The highest BCUT2D eigenvalue weighted by Crippen LogP contribution is 2.30. The summed E-state index contributed by atoms with van der Waals surface area (Å²) in [6, 6.07) is 20.1. The molecule has 1 unspecified atom stereocenters. The van der Waals surface area contributed by atoms with E-state index >= 15 is 0 Å². The normalized spacial score (nSPS) is 16.0. The summed E-state index contributed by atoms with van der Waals surface area (Å²) in [5, 5.41) is 0. The Hall–Kier alpha value is -3.23. The Morgan fingerprint density at radius 3 is 2.51 bits per heavy atom. The quantitative estimate of drug-likeness (QED) is 0.461. The maximum absolute atomic E-state index is 13.6. The molecule has 0 saturated carbocycles. The molecular formula is C27H29FN2O4S. The Labute approximate surface area is 206 Å². The Morgan fingerprint density at radius 2 is 1.80 bits per heavy atom. The van der Waals surface area contributed by atoms with Gasteiger partial charge >= 0.3 is 0 Å². The van der Waals surface area contributed by atoms with E-state index < -0.39 is 10.0 Å². The fraction of sp³-hybridized carbons (Fsp3) is 0.296. The lowest BCUT2D eigenvalue weighted by Crippen LogP contribution is -2.37. The van der Waals surface area contributed by atoms with Gasteiger partial charge in [0.1, 0.15) is 16.5 Å². The maximum Gasteiger partial charge on any atom is 0.254 e. The lowest BCUT2D eigenvalue weighted by molar-refractivity contribution is 0.0736. The van der Waals surface area contributed by atoms with Crippen LogP contribution in [-0.2, 0) is 23.0 Å². The molecule has 1 aliphatic rings. The van der Waals surface area contributed by atoms with E-state index in [9.17, 15) is 17.6 Å². The summed E-state index contributed by atoms with van der Waals surface area (Å²) in [6.45, 7) is 0.757. The molecule has 0 aliphatic carbocycles. The molecule has 3 aromatic rings. The van der Waals surface area contributed by atoms with E-state index in [2.05, 4.69) is 0 Å². The van der Waals surface area contributed by atoms with Crippen molar-refractivity contribution in [2.75, 3.05) is 20.7 Å². The number of hydrogen-bond acceptors (Lipinski definition) is 4. The molecule has 0 bridgehead atoms. The summed E-state index contributed by atoms with van der Waals surface area (Å²) < 4.78 is 47.1. The Kier molecular flexibility index (Phi) is 7.52. The van der Waals surface area contributed by atoms with Crippen LogP contribution in [0.4, 0.5) is 4.39 Å². The van der Waals surface area contributed by atoms with E-state index in [-0.39, 0.29) is 40.5 Å². The molecule has 184 valence electrons. The second-order valence-electron chi connectivity index (χ2n) is 8.74. The Balaban J connectivity index is 1.59. The van der Waals surface area contributed by atoms with Crippen LogP contribution in [-0.4, -0.2) is 50.3 Å². The van der Waals surface area contributed by atoms with Crippen LogP contribution in [0.5, 0.6) is 5.75 Å². The van der Waals surface area contributed by atoms with E-state index in [4.69, 9.17) is 4.74 Å².